The lowest BCUT2D eigenvalue weighted by Crippen LogP contribution is -2.48. The van der Waals surface area contributed by atoms with Crippen LogP contribution in [0.4, 0.5) is 0 Å². The number of hydrogen-bond acceptors (Lipinski definition) is 5. The van der Waals surface area contributed by atoms with Crippen molar-refractivity contribution in [3.8, 4) is 0 Å². The van der Waals surface area contributed by atoms with Crippen molar-refractivity contribution in [2.75, 3.05) is 6.61 Å². The first-order valence-corrected chi connectivity index (χ1v) is 12.6. The van der Waals surface area contributed by atoms with Gasteiger partial charge in [0.05, 0.1) is 12.2 Å². The first-order chi connectivity index (χ1) is 11.6. The van der Waals surface area contributed by atoms with Gasteiger partial charge in [-0.2, -0.15) is 0 Å². The van der Waals surface area contributed by atoms with Gasteiger partial charge in [-0.1, -0.05) is 20.8 Å². The van der Waals surface area contributed by atoms with Crippen molar-refractivity contribution in [2.24, 2.45) is 0 Å². The zero-order chi connectivity index (χ0) is 18.7. The minimum absolute atomic E-state index is 0.0240. The molecule has 0 aromatic rings. The van der Waals surface area contributed by atoms with Gasteiger partial charge < -0.3 is 18.6 Å². The number of ether oxygens (including phenoxy) is 3. The Balaban J connectivity index is 2.01. The molecule has 2 aliphatic rings. The summed E-state index contributed by atoms with van der Waals surface area (Å²) < 4.78 is 24.0. The second-order valence-corrected chi connectivity index (χ2v) is 13.7. The fourth-order valence-corrected chi connectivity index (χ4v) is 4.71. The monoisotopic (exact) mass is 372 g/mol. The van der Waals surface area contributed by atoms with E-state index in [0.717, 1.165) is 45.1 Å². The Bertz CT molecular complexity index is 440. The summed E-state index contributed by atoms with van der Waals surface area (Å²) in [6.45, 7) is 13.5. The van der Waals surface area contributed by atoms with E-state index in [0.29, 0.717) is 0 Å². The van der Waals surface area contributed by atoms with Crippen molar-refractivity contribution < 1.29 is 23.4 Å². The molecule has 0 spiro atoms. The van der Waals surface area contributed by atoms with Crippen molar-refractivity contribution in [3.05, 3.63) is 0 Å². The molecule has 2 rings (SSSR count). The van der Waals surface area contributed by atoms with Gasteiger partial charge >= 0.3 is 5.97 Å². The third-order valence-corrected chi connectivity index (χ3v) is 10.2. The normalized spacial score (nSPS) is 31.6. The minimum Gasteiger partial charge on any atom is -0.462 e. The summed E-state index contributed by atoms with van der Waals surface area (Å²) in [6.07, 6.45) is 5.40. The SMILES string of the molecule is CC(=O)O[C@H]1C[C@@H](OC2CCCCO2)C[C@@H](O[Si](C)(C)C(C)(C)C)C1. The quantitative estimate of drug-likeness (QED) is 0.529. The highest BCUT2D eigenvalue weighted by molar-refractivity contribution is 6.74. The van der Waals surface area contributed by atoms with Crippen molar-refractivity contribution in [1.29, 1.82) is 0 Å². The van der Waals surface area contributed by atoms with Crippen LogP contribution in [0.2, 0.25) is 18.1 Å². The number of carbonyl (C=O) groups excluding carboxylic acids is 1. The van der Waals surface area contributed by atoms with Crippen LogP contribution in [0.5, 0.6) is 0 Å². The average molecular weight is 373 g/mol. The Labute approximate surface area is 153 Å². The first kappa shape index (κ1) is 20.9. The van der Waals surface area contributed by atoms with Gasteiger partial charge in [-0.15, -0.1) is 0 Å². The van der Waals surface area contributed by atoms with E-state index in [4.69, 9.17) is 18.6 Å². The summed E-state index contributed by atoms with van der Waals surface area (Å²) in [5.74, 6) is -0.231. The fraction of sp³-hybridized carbons (Fsp3) is 0.947. The molecule has 0 aromatic heterocycles. The third kappa shape index (κ3) is 6.34. The Morgan fingerprint density at radius 2 is 1.68 bits per heavy atom. The molecular weight excluding hydrogens is 336 g/mol. The van der Waals surface area contributed by atoms with Gasteiger partial charge in [0.25, 0.3) is 0 Å². The van der Waals surface area contributed by atoms with Crippen LogP contribution < -0.4 is 0 Å². The summed E-state index contributed by atoms with van der Waals surface area (Å²) in [5, 5.41) is 0.157. The van der Waals surface area contributed by atoms with Crippen LogP contribution >= 0.6 is 0 Å². The number of esters is 1. The van der Waals surface area contributed by atoms with Crippen LogP contribution in [0.25, 0.3) is 0 Å². The average Bonchev–Trinajstić information content (AvgIpc) is 2.45. The molecule has 25 heavy (non-hydrogen) atoms. The van der Waals surface area contributed by atoms with Crippen LogP contribution in [-0.4, -0.2) is 45.5 Å². The van der Waals surface area contributed by atoms with Gasteiger partial charge in [-0.3, -0.25) is 4.79 Å². The zero-order valence-corrected chi connectivity index (χ0v) is 17.8. The molecule has 6 heteroatoms. The Morgan fingerprint density at radius 1 is 1.04 bits per heavy atom. The second kappa shape index (κ2) is 8.50. The topological polar surface area (TPSA) is 54.0 Å². The van der Waals surface area contributed by atoms with E-state index in [9.17, 15) is 4.79 Å². The maximum atomic E-state index is 11.4. The summed E-state index contributed by atoms with van der Waals surface area (Å²) in [7, 11) is -1.87. The van der Waals surface area contributed by atoms with Gasteiger partial charge in [0.2, 0.25) is 0 Å². The van der Waals surface area contributed by atoms with E-state index in [2.05, 4.69) is 33.9 Å². The minimum atomic E-state index is -1.87. The molecule has 2 fully saturated rings. The third-order valence-electron chi connectivity index (χ3n) is 5.66. The van der Waals surface area contributed by atoms with Crippen molar-refractivity contribution in [2.45, 2.75) is 109 Å². The predicted molar refractivity (Wildman–Crippen MR) is 99.9 cm³/mol. The maximum absolute atomic E-state index is 11.4. The van der Waals surface area contributed by atoms with Crippen LogP contribution in [0.15, 0.2) is 0 Å². The van der Waals surface area contributed by atoms with Crippen LogP contribution in [-0.2, 0) is 23.4 Å². The molecule has 1 aliphatic heterocycles. The lowest BCUT2D eigenvalue weighted by atomic mass is 9.92. The van der Waals surface area contributed by atoms with E-state index in [1.807, 2.05) is 0 Å². The smallest absolute Gasteiger partial charge is 0.302 e. The van der Waals surface area contributed by atoms with E-state index in [1.165, 1.54) is 6.92 Å². The standard InChI is InChI=1S/C19H36O5Si/c1-14(20)22-15-11-16(23-18-9-7-8-10-21-18)13-17(12-15)24-25(5,6)19(2,3)4/h15-18H,7-13H2,1-6H3/t15-,16+,17-,18?/m0/s1. The molecule has 0 bridgehead atoms. The van der Waals surface area contributed by atoms with Crippen molar-refractivity contribution in [1.82, 2.24) is 0 Å². The molecule has 0 amide bonds. The highest BCUT2D eigenvalue weighted by atomic mass is 28.4. The van der Waals surface area contributed by atoms with E-state index in [1.54, 1.807) is 0 Å². The largest absolute Gasteiger partial charge is 0.462 e. The molecule has 1 saturated carbocycles. The predicted octanol–water partition coefficient (Wildman–Crippen LogP) is 4.40. The molecule has 0 aromatic carbocycles. The van der Waals surface area contributed by atoms with Gasteiger partial charge in [0.1, 0.15) is 6.10 Å². The molecule has 1 unspecified atom stereocenters. The Hall–Kier alpha value is -0.433. The molecule has 5 nitrogen and oxygen atoms in total. The molecule has 1 saturated heterocycles. The first-order valence-electron chi connectivity index (χ1n) is 9.69. The summed E-state index contributed by atoms with van der Waals surface area (Å²) >= 11 is 0. The zero-order valence-electron chi connectivity index (χ0n) is 16.8. The Morgan fingerprint density at radius 3 is 2.24 bits per heavy atom. The van der Waals surface area contributed by atoms with Gasteiger partial charge in [-0.05, 0) is 43.8 Å². The molecule has 146 valence electrons. The highest BCUT2D eigenvalue weighted by Crippen LogP contribution is 2.40. The maximum Gasteiger partial charge on any atom is 0.302 e. The highest BCUT2D eigenvalue weighted by Gasteiger charge is 2.42. The fourth-order valence-electron chi connectivity index (χ4n) is 3.33. The number of rotatable bonds is 5. The summed E-state index contributed by atoms with van der Waals surface area (Å²) in [6, 6.07) is 0. The van der Waals surface area contributed by atoms with Crippen LogP contribution in [0.1, 0.15) is 66.2 Å². The summed E-state index contributed by atoms with van der Waals surface area (Å²) in [5.41, 5.74) is 0. The molecule has 0 N–H and O–H groups in total. The van der Waals surface area contributed by atoms with Gasteiger partial charge in [0.15, 0.2) is 14.6 Å². The van der Waals surface area contributed by atoms with E-state index < -0.39 is 8.32 Å². The van der Waals surface area contributed by atoms with Crippen LogP contribution in [0, 0.1) is 0 Å². The van der Waals surface area contributed by atoms with E-state index in [-0.39, 0.29) is 35.6 Å². The number of hydrogen-bond donors (Lipinski definition) is 0. The molecule has 1 aliphatic carbocycles. The van der Waals surface area contributed by atoms with Crippen molar-refractivity contribution >= 4 is 14.3 Å². The Kier molecular flexibility index (Phi) is 7.10. The van der Waals surface area contributed by atoms with Gasteiger partial charge in [-0.25, -0.2) is 0 Å². The van der Waals surface area contributed by atoms with E-state index >= 15 is 0 Å². The molecule has 1 heterocycles. The second-order valence-electron chi connectivity index (χ2n) is 8.99. The molecule has 0 radical (unpaired) electrons. The lowest BCUT2D eigenvalue weighted by Gasteiger charge is -2.43. The summed E-state index contributed by atoms with van der Waals surface area (Å²) in [4.78, 5) is 11.4. The lowest BCUT2D eigenvalue weighted by molar-refractivity contribution is -0.207. The molecular formula is C19H36O5Si. The number of carbonyl (C=O) groups is 1. The van der Waals surface area contributed by atoms with Crippen LogP contribution in [0.3, 0.4) is 0 Å². The van der Waals surface area contributed by atoms with Gasteiger partial charge in [0, 0.05) is 26.4 Å². The van der Waals surface area contributed by atoms with Crippen molar-refractivity contribution in [3.63, 3.8) is 0 Å². The molecule has 4 atom stereocenters.